The number of ether oxygens (including phenoxy) is 4. The number of carbonyl (C=O) groups is 1. The van der Waals surface area contributed by atoms with Crippen molar-refractivity contribution in [1.82, 2.24) is 4.98 Å². The molecule has 0 spiro atoms. The van der Waals surface area contributed by atoms with Gasteiger partial charge in [0.2, 0.25) is 12.7 Å². The SMILES string of the molecule is CC(=O)OCc1oc(COc2cccc(-c3ccc4c(c3)OCO4)c2C)nc1-c1ccccc1. The van der Waals surface area contributed by atoms with Crippen LogP contribution in [0.15, 0.2) is 71.1 Å². The van der Waals surface area contributed by atoms with E-state index in [2.05, 4.69) is 4.98 Å². The maximum atomic E-state index is 11.3. The molecule has 0 saturated carbocycles. The summed E-state index contributed by atoms with van der Waals surface area (Å²) < 4.78 is 28.1. The Balaban J connectivity index is 1.38. The van der Waals surface area contributed by atoms with Crippen molar-refractivity contribution in [2.24, 2.45) is 0 Å². The molecule has 0 saturated heterocycles. The van der Waals surface area contributed by atoms with Gasteiger partial charge in [-0.3, -0.25) is 4.79 Å². The lowest BCUT2D eigenvalue weighted by molar-refractivity contribution is -0.142. The van der Waals surface area contributed by atoms with Crippen molar-refractivity contribution in [2.75, 3.05) is 6.79 Å². The number of hydrogen-bond acceptors (Lipinski definition) is 7. The first-order valence-electron chi connectivity index (χ1n) is 10.9. The fraction of sp³-hybridized carbons (Fsp3) is 0.185. The van der Waals surface area contributed by atoms with Crippen LogP contribution in [0.4, 0.5) is 0 Å². The normalized spacial score (nSPS) is 11.9. The second-order valence-electron chi connectivity index (χ2n) is 7.81. The standard InChI is InChI=1S/C27H23NO6/c1-17-21(20-11-12-23-24(13-20)33-16-32-23)9-6-10-22(17)31-15-26-28-27(19-7-4-3-5-8-19)25(34-26)14-30-18(2)29/h3-13H,14-16H2,1-2H3. The molecule has 1 aliphatic heterocycles. The Morgan fingerprint density at radius 3 is 2.59 bits per heavy atom. The molecule has 5 rings (SSSR count). The van der Waals surface area contributed by atoms with Crippen LogP contribution in [0.1, 0.15) is 24.1 Å². The second kappa shape index (κ2) is 9.31. The molecule has 7 heteroatoms. The molecular formula is C27H23NO6. The summed E-state index contributed by atoms with van der Waals surface area (Å²) in [6, 6.07) is 21.4. The van der Waals surface area contributed by atoms with Crippen molar-refractivity contribution in [1.29, 1.82) is 0 Å². The number of fused-ring (bicyclic) bond motifs is 1. The molecule has 172 valence electrons. The number of rotatable bonds is 7. The first-order chi connectivity index (χ1) is 16.6. The fourth-order valence-corrected chi connectivity index (χ4v) is 3.84. The zero-order chi connectivity index (χ0) is 23.5. The predicted molar refractivity (Wildman–Crippen MR) is 124 cm³/mol. The number of carbonyl (C=O) groups excluding carboxylic acids is 1. The summed E-state index contributed by atoms with van der Waals surface area (Å²) >= 11 is 0. The van der Waals surface area contributed by atoms with E-state index in [0.29, 0.717) is 17.3 Å². The van der Waals surface area contributed by atoms with Crippen molar-refractivity contribution in [3.63, 3.8) is 0 Å². The minimum absolute atomic E-state index is 0.00515. The Bertz CT molecular complexity index is 1330. The van der Waals surface area contributed by atoms with Crippen LogP contribution in [0.5, 0.6) is 17.2 Å². The maximum absolute atomic E-state index is 11.3. The molecule has 0 fully saturated rings. The zero-order valence-electron chi connectivity index (χ0n) is 18.9. The van der Waals surface area contributed by atoms with E-state index in [1.165, 1.54) is 6.92 Å². The number of esters is 1. The number of nitrogens with zero attached hydrogens (tertiary/aromatic N) is 1. The minimum atomic E-state index is -0.385. The highest BCUT2D eigenvalue weighted by atomic mass is 16.7. The van der Waals surface area contributed by atoms with Gasteiger partial charge in [0.15, 0.2) is 30.5 Å². The second-order valence-corrected chi connectivity index (χ2v) is 7.81. The molecule has 0 N–H and O–H groups in total. The molecule has 0 unspecified atom stereocenters. The van der Waals surface area contributed by atoms with Gasteiger partial charge in [-0.2, -0.15) is 0 Å². The Kier molecular flexibility index (Phi) is 5.91. The van der Waals surface area contributed by atoms with Gasteiger partial charge in [-0.15, -0.1) is 0 Å². The summed E-state index contributed by atoms with van der Waals surface area (Å²) in [5, 5.41) is 0. The molecule has 4 aromatic rings. The van der Waals surface area contributed by atoms with Crippen LogP contribution in [0.3, 0.4) is 0 Å². The average Bonchev–Trinajstić information content (AvgIpc) is 3.49. The van der Waals surface area contributed by atoms with Crippen molar-refractivity contribution < 1.29 is 28.2 Å². The van der Waals surface area contributed by atoms with Gasteiger partial charge >= 0.3 is 5.97 Å². The first kappa shape index (κ1) is 21.6. The molecule has 34 heavy (non-hydrogen) atoms. The van der Waals surface area contributed by atoms with Gasteiger partial charge in [-0.1, -0.05) is 48.5 Å². The van der Waals surface area contributed by atoms with Crippen LogP contribution in [0, 0.1) is 6.92 Å². The quantitative estimate of drug-likeness (QED) is 0.330. The number of aromatic nitrogens is 1. The molecule has 7 nitrogen and oxygen atoms in total. The van der Waals surface area contributed by atoms with Crippen LogP contribution in [-0.4, -0.2) is 17.7 Å². The largest absolute Gasteiger partial charge is 0.484 e. The summed E-state index contributed by atoms with van der Waals surface area (Å²) in [5.74, 6) is 2.69. The topological polar surface area (TPSA) is 80.0 Å². The van der Waals surface area contributed by atoms with Gasteiger partial charge < -0.3 is 23.4 Å². The molecule has 3 aromatic carbocycles. The lowest BCUT2D eigenvalue weighted by Crippen LogP contribution is -1.99. The van der Waals surface area contributed by atoms with Crippen LogP contribution in [0.25, 0.3) is 22.4 Å². The third-order valence-corrected chi connectivity index (χ3v) is 5.51. The predicted octanol–water partition coefficient (Wildman–Crippen LogP) is 5.69. The van der Waals surface area contributed by atoms with Gasteiger partial charge in [0.25, 0.3) is 0 Å². The molecule has 2 heterocycles. The summed E-state index contributed by atoms with van der Waals surface area (Å²) in [6.07, 6.45) is 0. The summed E-state index contributed by atoms with van der Waals surface area (Å²) in [6.45, 7) is 3.74. The van der Waals surface area contributed by atoms with Crippen molar-refractivity contribution in [3.8, 4) is 39.6 Å². The van der Waals surface area contributed by atoms with E-state index in [4.69, 9.17) is 23.4 Å². The van der Waals surface area contributed by atoms with Crippen LogP contribution >= 0.6 is 0 Å². The summed E-state index contributed by atoms with van der Waals surface area (Å²) in [7, 11) is 0. The molecule has 1 aliphatic rings. The smallest absolute Gasteiger partial charge is 0.303 e. The minimum Gasteiger partial charge on any atom is -0.484 e. The van der Waals surface area contributed by atoms with Crippen LogP contribution in [0.2, 0.25) is 0 Å². The van der Waals surface area contributed by atoms with E-state index in [9.17, 15) is 4.79 Å². The van der Waals surface area contributed by atoms with E-state index in [-0.39, 0.29) is 26.0 Å². The molecule has 1 aromatic heterocycles. The van der Waals surface area contributed by atoms with E-state index < -0.39 is 0 Å². The first-order valence-corrected chi connectivity index (χ1v) is 10.9. The third kappa shape index (κ3) is 4.45. The van der Waals surface area contributed by atoms with Crippen LogP contribution in [-0.2, 0) is 22.7 Å². The highest BCUT2D eigenvalue weighted by Gasteiger charge is 2.18. The summed E-state index contributed by atoms with van der Waals surface area (Å²) in [4.78, 5) is 15.9. The zero-order valence-corrected chi connectivity index (χ0v) is 18.9. The Morgan fingerprint density at radius 1 is 0.941 bits per heavy atom. The molecule has 0 atom stereocenters. The van der Waals surface area contributed by atoms with Gasteiger partial charge in [0.1, 0.15) is 11.4 Å². The summed E-state index contributed by atoms with van der Waals surface area (Å²) in [5.41, 5.74) is 4.53. The maximum Gasteiger partial charge on any atom is 0.303 e. The van der Waals surface area contributed by atoms with Gasteiger partial charge in [0, 0.05) is 12.5 Å². The van der Waals surface area contributed by atoms with Gasteiger partial charge in [-0.05, 0) is 41.8 Å². The monoisotopic (exact) mass is 457 g/mol. The third-order valence-electron chi connectivity index (χ3n) is 5.51. The lowest BCUT2D eigenvalue weighted by atomic mass is 9.99. The van der Waals surface area contributed by atoms with Crippen molar-refractivity contribution in [3.05, 3.63) is 83.9 Å². The average molecular weight is 457 g/mol. The lowest BCUT2D eigenvalue weighted by Gasteiger charge is -2.12. The number of hydrogen-bond donors (Lipinski definition) is 0. The van der Waals surface area contributed by atoms with E-state index in [1.54, 1.807) is 0 Å². The Hall–Kier alpha value is -4.26. The van der Waals surface area contributed by atoms with Gasteiger partial charge in [-0.25, -0.2) is 4.98 Å². The highest BCUT2D eigenvalue weighted by Crippen LogP contribution is 2.38. The van der Waals surface area contributed by atoms with Crippen molar-refractivity contribution >= 4 is 5.97 Å². The van der Waals surface area contributed by atoms with E-state index in [0.717, 1.165) is 39.5 Å². The highest BCUT2D eigenvalue weighted by molar-refractivity contribution is 5.72. The molecular weight excluding hydrogens is 434 g/mol. The molecule has 0 aliphatic carbocycles. The van der Waals surface area contributed by atoms with E-state index >= 15 is 0 Å². The number of oxazole rings is 1. The molecule has 0 radical (unpaired) electrons. The Morgan fingerprint density at radius 2 is 1.76 bits per heavy atom. The van der Waals surface area contributed by atoms with E-state index in [1.807, 2.05) is 73.7 Å². The van der Waals surface area contributed by atoms with Crippen molar-refractivity contribution in [2.45, 2.75) is 27.1 Å². The fourth-order valence-electron chi connectivity index (χ4n) is 3.84. The molecule has 0 amide bonds. The van der Waals surface area contributed by atoms with Gasteiger partial charge in [0.05, 0.1) is 0 Å². The Labute approximate surface area is 196 Å². The number of benzene rings is 3. The molecule has 0 bridgehead atoms. The van der Waals surface area contributed by atoms with Crippen LogP contribution < -0.4 is 14.2 Å².